The Morgan fingerprint density at radius 1 is 1.36 bits per heavy atom. The maximum absolute atomic E-state index is 12.4. The van der Waals surface area contributed by atoms with Gasteiger partial charge in [-0.2, -0.15) is 0 Å². The number of benzene rings is 1. The smallest absolute Gasteiger partial charge is 0.274 e. The van der Waals surface area contributed by atoms with Crippen LogP contribution in [-0.4, -0.2) is 46.6 Å². The summed E-state index contributed by atoms with van der Waals surface area (Å²) in [5, 5.41) is 0.725. The van der Waals surface area contributed by atoms with Gasteiger partial charge in [0.25, 0.3) is 5.91 Å². The standard InChI is InChI=1S/C16H16ClN3O2/c17-14-4-2-1-3-12(14)9-13-11-20(7-8-22-13)16(21)15-10-18-5-6-19-15/h1-6,10,13H,7-9,11H2/t13-/m0/s1. The van der Waals surface area contributed by atoms with Gasteiger partial charge in [0.05, 0.1) is 18.9 Å². The molecule has 1 atom stereocenters. The van der Waals surface area contributed by atoms with Crippen LogP contribution in [0.15, 0.2) is 42.9 Å². The van der Waals surface area contributed by atoms with Crippen LogP contribution in [0.3, 0.4) is 0 Å². The number of carbonyl (C=O) groups is 1. The Hall–Kier alpha value is -1.98. The number of amides is 1. The molecular formula is C16H16ClN3O2. The topological polar surface area (TPSA) is 55.3 Å². The zero-order valence-corrected chi connectivity index (χ0v) is 12.7. The third-order valence-electron chi connectivity index (χ3n) is 3.61. The van der Waals surface area contributed by atoms with Gasteiger partial charge in [-0.05, 0) is 11.6 Å². The summed E-state index contributed by atoms with van der Waals surface area (Å²) in [6.45, 7) is 1.61. The average Bonchev–Trinajstić information content (AvgIpc) is 2.57. The molecule has 22 heavy (non-hydrogen) atoms. The quantitative estimate of drug-likeness (QED) is 0.871. The number of ether oxygens (including phenoxy) is 1. The van der Waals surface area contributed by atoms with E-state index in [0.29, 0.717) is 31.8 Å². The highest BCUT2D eigenvalue weighted by Gasteiger charge is 2.26. The van der Waals surface area contributed by atoms with Crippen LogP contribution in [0.1, 0.15) is 16.1 Å². The van der Waals surface area contributed by atoms with Crippen molar-refractivity contribution in [3.05, 3.63) is 59.1 Å². The third-order valence-corrected chi connectivity index (χ3v) is 3.98. The Balaban J connectivity index is 1.67. The lowest BCUT2D eigenvalue weighted by Gasteiger charge is -2.33. The summed E-state index contributed by atoms with van der Waals surface area (Å²) in [5.74, 6) is -0.111. The van der Waals surface area contributed by atoms with Gasteiger partial charge < -0.3 is 9.64 Å². The Kier molecular flexibility index (Phi) is 4.65. The first-order chi connectivity index (χ1) is 10.7. The second-order valence-corrected chi connectivity index (χ2v) is 5.54. The van der Waals surface area contributed by atoms with Gasteiger partial charge in [-0.15, -0.1) is 0 Å². The lowest BCUT2D eigenvalue weighted by Crippen LogP contribution is -2.46. The monoisotopic (exact) mass is 317 g/mol. The lowest BCUT2D eigenvalue weighted by molar-refractivity contribution is -0.0210. The van der Waals surface area contributed by atoms with E-state index in [4.69, 9.17) is 16.3 Å². The van der Waals surface area contributed by atoms with E-state index >= 15 is 0 Å². The van der Waals surface area contributed by atoms with Crippen molar-refractivity contribution in [2.45, 2.75) is 12.5 Å². The van der Waals surface area contributed by atoms with E-state index in [9.17, 15) is 4.79 Å². The summed E-state index contributed by atoms with van der Waals surface area (Å²) in [5.41, 5.74) is 1.39. The van der Waals surface area contributed by atoms with E-state index in [1.165, 1.54) is 12.4 Å². The summed E-state index contributed by atoms with van der Waals surface area (Å²) in [6, 6.07) is 7.70. The molecule has 0 spiro atoms. The largest absolute Gasteiger partial charge is 0.374 e. The number of hydrogen-bond acceptors (Lipinski definition) is 4. The minimum Gasteiger partial charge on any atom is -0.374 e. The molecular weight excluding hydrogens is 302 g/mol. The molecule has 0 bridgehead atoms. The van der Waals surface area contributed by atoms with Gasteiger partial charge in [-0.3, -0.25) is 9.78 Å². The molecule has 3 rings (SSSR count). The van der Waals surface area contributed by atoms with Crippen LogP contribution in [0.25, 0.3) is 0 Å². The van der Waals surface area contributed by atoms with E-state index in [1.807, 2.05) is 24.3 Å². The predicted octanol–water partition coefficient (Wildman–Crippen LogP) is 2.21. The molecule has 0 aliphatic carbocycles. The molecule has 1 aromatic carbocycles. The number of carbonyl (C=O) groups excluding carboxylic acids is 1. The molecule has 114 valence electrons. The number of hydrogen-bond donors (Lipinski definition) is 0. The fourth-order valence-corrected chi connectivity index (χ4v) is 2.72. The van der Waals surface area contributed by atoms with E-state index in [0.717, 1.165) is 10.6 Å². The highest BCUT2D eigenvalue weighted by atomic mass is 35.5. The molecule has 6 heteroatoms. The Bertz CT molecular complexity index is 651. The third kappa shape index (κ3) is 3.43. The van der Waals surface area contributed by atoms with Crippen LogP contribution >= 0.6 is 11.6 Å². The molecule has 2 aromatic rings. The van der Waals surface area contributed by atoms with Crippen LogP contribution in [0.4, 0.5) is 0 Å². The van der Waals surface area contributed by atoms with Crippen molar-refractivity contribution < 1.29 is 9.53 Å². The number of aromatic nitrogens is 2. The molecule has 0 unspecified atom stereocenters. The van der Waals surface area contributed by atoms with Crippen LogP contribution in [0.5, 0.6) is 0 Å². The highest BCUT2D eigenvalue weighted by molar-refractivity contribution is 6.31. The minimum atomic E-state index is -0.111. The van der Waals surface area contributed by atoms with Gasteiger partial charge in [0.2, 0.25) is 0 Å². The Morgan fingerprint density at radius 2 is 2.23 bits per heavy atom. The molecule has 1 aliphatic rings. The van der Waals surface area contributed by atoms with Crippen LogP contribution in [0, 0.1) is 0 Å². The summed E-state index contributed by atoms with van der Waals surface area (Å²) in [6.07, 6.45) is 5.19. The molecule has 1 amide bonds. The molecule has 1 saturated heterocycles. The second-order valence-electron chi connectivity index (χ2n) is 5.13. The Labute approximate surface area is 133 Å². The van der Waals surface area contributed by atoms with Crippen molar-refractivity contribution in [3.63, 3.8) is 0 Å². The van der Waals surface area contributed by atoms with E-state index in [1.54, 1.807) is 11.1 Å². The van der Waals surface area contributed by atoms with Crippen molar-refractivity contribution in [2.75, 3.05) is 19.7 Å². The van der Waals surface area contributed by atoms with Crippen LogP contribution in [0.2, 0.25) is 5.02 Å². The maximum Gasteiger partial charge on any atom is 0.274 e. The van der Waals surface area contributed by atoms with E-state index in [2.05, 4.69) is 9.97 Å². The van der Waals surface area contributed by atoms with Crippen molar-refractivity contribution >= 4 is 17.5 Å². The molecule has 0 radical (unpaired) electrons. The molecule has 0 saturated carbocycles. The average molecular weight is 318 g/mol. The highest BCUT2D eigenvalue weighted by Crippen LogP contribution is 2.19. The molecule has 5 nitrogen and oxygen atoms in total. The summed E-state index contributed by atoms with van der Waals surface area (Å²) < 4.78 is 5.76. The molecule has 0 N–H and O–H groups in total. The lowest BCUT2D eigenvalue weighted by atomic mass is 10.1. The van der Waals surface area contributed by atoms with Crippen molar-refractivity contribution in [1.29, 1.82) is 0 Å². The first-order valence-corrected chi connectivity index (χ1v) is 7.52. The van der Waals surface area contributed by atoms with Crippen LogP contribution < -0.4 is 0 Å². The number of rotatable bonds is 3. The molecule has 2 heterocycles. The van der Waals surface area contributed by atoms with Gasteiger partial charge >= 0.3 is 0 Å². The van der Waals surface area contributed by atoms with E-state index in [-0.39, 0.29) is 12.0 Å². The SMILES string of the molecule is O=C(c1cnccn1)N1CCO[C@@H](Cc2ccccc2Cl)C1. The summed E-state index contributed by atoms with van der Waals surface area (Å²) >= 11 is 6.18. The Morgan fingerprint density at radius 3 is 3.00 bits per heavy atom. The normalized spacial score (nSPS) is 18.2. The molecule has 1 aliphatic heterocycles. The van der Waals surface area contributed by atoms with Gasteiger partial charge in [0, 0.05) is 36.9 Å². The number of halogens is 1. The van der Waals surface area contributed by atoms with E-state index < -0.39 is 0 Å². The fourth-order valence-electron chi connectivity index (χ4n) is 2.51. The molecule has 1 aromatic heterocycles. The first kappa shape index (κ1) is 14.9. The maximum atomic E-state index is 12.4. The fraction of sp³-hybridized carbons (Fsp3) is 0.312. The number of nitrogens with zero attached hydrogens (tertiary/aromatic N) is 3. The molecule has 1 fully saturated rings. The zero-order valence-electron chi connectivity index (χ0n) is 12.0. The van der Waals surface area contributed by atoms with Gasteiger partial charge in [0.15, 0.2) is 0 Å². The first-order valence-electron chi connectivity index (χ1n) is 7.14. The van der Waals surface area contributed by atoms with Gasteiger partial charge in [-0.25, -0.2) is 4.98 Å². The second kappa shape index (κ2) is 6.85. The van der Waals surface area contributed by atoms with Gasteiger partial charge in [-0.1, -0.05) is 29.8 Å². The zero-order chi connectivity index (χ0) is 15.4. The van der Waals surface area contributed by atoms with Crippen molar-refractivity contribution in [1.82, 2.24) is 14.9 Å². The van der Waals surface area contributed by atoms with Gasteiger partial charge in [0.1, 0.15) is 5.69 Å². The minimum absolute atomic E-state index is 0.0609. The van der Waals surface area contributed by atoms with Crippen molar-refractivity contribution in [3.8, 4) is 0 Å². The number of morpholine rings is 1. The summed E-state index contributed by atoms with van der Waals surface area (Å²) in [4.78, 5) is 22.2. The van der Waals surface area contributed by atoms with Crippen LogP contribution in [-0.2, 0) is 11.2 Å². The van der Waals surface area contributed by atoms with Crippen molar-refractivity contribution in [2.24, 2.45) is 0 Å². The predicted molar refractivity (Wildman–Crippen MR) is 82.8 cm³/mol. The summed E-state index contributed by atoms with van der Waals surface area (Å²) in [7, 11) is 0.